The summed E-state index contributed by atoms with van der Waals surface area (Å²) in [5.74, 6) is 1.10. The number of morpholine rings is 1. The van der Waals surface area contributed by atoms with Crippen LogP contribution in [0, 0.1) is 0 Å². The average Bonchev–Trinajstić information content (AvgIpc) is 3.30. The third kappa shape index (κ3) is 3.30. The molecule has 2 fully saturated rings. The molecule has 2 unspecified atom stereocenters. The van der Waals surface area contributed by atoms with Gasteiger partial charge in [-0.1, -0.05) is 6.92 Å². The number of ether oxygens (including phenoxy) is 1. The minimum atomic E-state index is 0.285. The molecule has 1 aromatic heterocycles. The molecule has 0 amide bonds. The summed E-state index contributed by atoms with van der Waals surface area (Å²) in [6.45, 7) is 7.05. The molecule has 4 nitrogen and oxygen atoms in total. The van der Waals surface area contributed by atoms with Gasteiger partial charge >= 0.3 is 0 Å². The van der Waals surface area contributed by atoms with Crippen molar-refractivity contribution in [2.24, 2.45) is 0 Å². The van der Waals surface area contributed by atoms with Crippen LogP contribution in [0.15, 0.2) is 18.3 Å². The van der Waals surface area contributed by atoms with E-state index in [1.165, 1.54) is 18.4 Å². The number of pyridine rings is 1. The zero-order valence-electron chi connectivity index (χ0n) is 12.5. The summed E-state index contributed by atoms with van der Waals surface area (Å²) < 4.78 is 5.77. The number of anilines is 1. The molecule has 2 atom stereocenters. The number of nitrogens with one attached hydrogen (secondary N) is 1. The molecule has 1 aromatic rings. The lowest BCUT2D eigenvalue weighted by molar-refractivity contribution is 0.0296. The highest BCUT2D eigenvalue weighted by Gasteiger charge is 2.26. The van der Waals surface area contributed by atoms with Crippen molar-refractivity contribution in [2.45, 2.75) is 57.8 Å². The molecule has 0 aromatic carbocycles. The highest BCUT2D eigenvalue weighted by molar-refractivity contribution is 5.43. The van der Waals surface area contributed by atoms with E-state index < -0.39 is 0 Å². The Morgan fingerprint density at radius 1 is 1.45 bits per heavy atom. The standard InChI is InChI=1S/C16H25N3O/c1-3-15-11-20-12(2)10-19(15)16-8-13(6-7-17-16)9-18-14-4-5-14/h6-8,12,14-15,18H,3-5,9-11H2,1-2H3. The molecule has 110 valence electrons. The van der Waals surface area contributed by atoms with Crippen LogP contribution < -0.4 is 10.2 Å². The van der Waals surface area contributed by atoms with E-state index >= 15 is 0 Å². The second kappa shape index (κ2) is 6.10. The van der Waals surface area contributed by atoms with Gasteiger partial charge in [0.2, 0.25) is 0 Å². The Balaban J connectivity index is 1.71. The number of hydrogen-bond acceptors (Lipinski definition) is 4. The highest BCUT2D eigenvalue weighted by Crippen LogP contribution is 2.23. The summed E-state index contributed by atoms with van der Waals surface area (Å²) in [4.78, 5) is 6.99. The monoisotopic (exact) mass is 275 g/mol. The minimum Gasteiger partial charge on any atom is -0.375 e. The van der Waals surface area contributed by atoms with Gasteiger partial charge in [-0.05, 0) is 43.9 Å². The predicted octanol–water partition coefficient (Wildman–Crippen LogP) is 2.34. The molecule has 2 aliphatic rings. The molecule has 3 rings (SSSR count). The molecule has 1 saturated heterocycles. The first-order valence-electron chi connectivity index (χ1n) is 7.83. The molecule has 0 spiro atoms. The third-order valence-electron chi connectivity index (χ3n) is 4.22. The van der Waals surface area contributed by atoms with E-state index in [4.69, 9.17) is 4.74 Å². The Bertz CT molecular complexity index is 447. The summed E-state index contributed by atoms with van der Waals surface area (Å²) in [7, 11) is 0. The lowest BCUT2D eigenvalue weighted by atomic mass is 10.1. The molecular weight excluding hydrogens is 250 g/mol. The third-order valence-corrected chi connectivity index (χ3v) is 4.22. The maximum absolute atomic E-state index is 5.77. The fraction of sp³-hybridized carbons (Fsp3) is 0.688. The van der Waals surface area contributed by atoms with Crippen LogP contribution in [-0.2, 0) is 11.3 Å². The fourth-order valence-corrected chi connectivity index (χ4v) is 2.74. The van der Waals surface area contributed by atoms with Crippen LogP contribution in [0.2, 0.25) is 0 Å². The Kier molecular flexibility index (Phi) is 4.22. The Morgan fingerprint density at radius 3 is 3.05 bits per heavy atom. The van der Waals surface area contributed by atoms with Gasteiger partial charge in [-0.15, -0.1) is 0 Å². The van der Waals surface area contributed by atoms with Crippen molar-refractivity contribution >= 4 is 5.82 Å². The molecule has 2 heterocycles. The maximum Gasteiger partial charge on any atom is 0.129 e. The van der Waals surface area contributed by atoms with Crippen LogP contribution in [0.3, 0.4) is 0 Å². The van der Waals surface area contributed by atoms with E-state index in [9.17, 15) is 0 Å². The first-order chi connectivity index (χ1) is 9.76. The van der Waals surface area contributed by atoms with Gasteiger partial charge in [-0.2, -0.15) is 0 Å². The molecule has 1 saturated carbocycles. The van der Waals surface area contributed by atoms with E-state index in [1.54, 1.807) is 0 Å². The van der Waals surface area contributed by atoms with E-state index in [0.29, 0.717) is 6.04 Å². The lowest BCUT2D eigenvalue weighted by Gasteiger charge is -2.39. The zero-order chi connectivity index (χ0) is 13.9. The van der Waals surface area contributed by atoms with Gasteiger partial charge in [0.1, 0.15) is 5.82 Å². The molecule has 1 aliphatic carbocycles. The Morgan fingerprint density at radius 2 is 2.30 bits per heavy atom. The second-order valence-electron chi connectivity index (χ2n) is 6.04. The van der Waals surface area contributed by atoms with Crippen LogP contribution >= 0.6 is 0 Å². The summed E-state index contributed by atoms with van der Waals surface area (Å²) in [5.41, 5.74) is 1.33. The Labute approximate surface area is 121 Å². The van der Waals surface area contributed by atoms with E-state index in [1.807, 2.05) is 6.20 Å². The number of aromatic nitrogens is 1. The van der Waals surface area contributed by atoms with Crippen molar-refractivity contribution in [2.75, 3.05) is 18.1 Å². The van der Waals surface area contributed by atoms with Crippen molar-refractivity contribution in [1.82, 2.24) is 10.3 Å². The SMILES string of the molecule is CCC1COC(C)CN1c1cc(CNC2CC2)ccn1. The summed E-state index contributed by atoms with van der Waals surface area (Å²) in [6.07, 6.45) is 5.98. The van der Waals surface area contributed by atoms with Gasteiger partial charge < -0.3 is 15.0 Å². The van der Waals surface area contributed by atoms with Crippen molar-refractivity contribution in [3.8, 4) is 0 Å². The van der Waals surface area contributed by atoms with E-state index in [-0.39, 0.29) is 6.10 Å². The number of hydrogen-bond donors (Lipinski definition) is 1. The molecule has 4 heteroatoms. The van der Waals surface area contributed by atoms with Crippen LogP contribution in [0.25, 0.3) is 0 Å². The Hall–Kier alpha value is -1.13. The van der Waals surface area contributed by atoms with E-state index in [0.717, 1.165) is 38.0 Å². The topological polar surface area (TPSA) is 37.4 Å². The molecule has 20 heavy (non-hydrogen) atoms. The largest absolute Gasteiger partial charge is 0.375 e. The van der Waals surface area contributed by atoms with Crippen LogP contribution in [0.4, 0.5) is 5.82 Å². The maximum atomic E-state index is 5.77. The van der Waals surface area contributed by atoms with Crippen molar-refractivity contribution in [3.63, 3.8) is 0 Å². The minimum absolute atomic E-state index is 0.285. The molecule has 1 N–H and O–H groups in total. The van der Waals surface area contributed by atoms with Gasteiger partial charge in [0.05, 0.1) is 18.8 Å². The first-order valence-corrected chi connectivity index (χ1v) is 7.83. The van der Waals surface area contributed by atoms with Crippen molar-refractivity contribution in [3.05, 3.63) is 23.9 Å². The second-order valence-corrected chi connectivity index (χ2v) is 6.04. The van der Waals surface area contributed by atoms with Crippen molar-refractivity contribution in [1.29, 1.82) is 0 Å². The first kappa shape index (κ1) is 13.8. The molecular formula is C16H25N3O. The quantitative estimate of drug-likeness (QED) is 0.895. The van der Waals surface area contributed by atoms with Gasteiger partial charge in [-0.25, -0.2) is 4.98 Å². The fourth-order valence-electron chi connectivity index (χ4n) is 2.74. The highest BCUT2D eigenvalue weighted by atomic mass is 16.5. The predicted molar refractivity (Wildman–Crippen MR) is 80.9 cm³/mol. The number of nitrogens with zero attached hydrogens (tertiary/aromatic N) is 2. The lowest BCUT2D eigenvalue weighted by Crippen LogP contribution is -2.49. The smallest absolute Gasteiger partial charge is 0.129 e. The average molecular weight is 275 g/mol. The normalized spacial score (nSPS) is 26.8. The van der Waals surface area contributed by atoms with Crippen molar-refractivity contribution < 1.29 is 4.74 Å². The molecule has 1 aliphatic heterocycles. The zero-order valence-corrected chi connectivity index (χ0v) is 12.5. The van der Waals surface area contributed by atoms with E-state index in [2.05, 4.69) is 41.2 Å². The molecule has 0 bridgehead atoms. The van der Waals surface area contributed by atoms with Gasteiger partial charge in [0, 0.05) is 25.3 Å². The van der Waals surface area contributed by atoms with Crippen LogP contribution in [-0.4, -0.2) is 36.3 Å². The summed E-state index contributed by atoms with van der Waals surface area (Å²) in [5, 5.41) is 3.57. The van der Waals surface area contributed by atoms with Crippen LogP contribution in [0.1, 0.15) is 38.7 Å². The molecule has 0 radical (unpaired) electrons. The summed E-state index contributed by atoms with van der Waals surface area (Å²) >= 11 is 0. The number of rotatable bonds is 5. The van der Waals surface area contributed by atoms with Gasteiger partial charge in [0.25, 0.3) is 0 Å². The van der Waals surface area contributed by atoms with Crippen LogP contribution in [0.5, 0.6) is 0 Å². The summed E-state index contributed by atoms with van der Waals surface area (Å²) in [6, 6.07) is 5.54. The van der Waals surface area contributed by atoms with Gasteiger partial charge in [0.15, 0.2) is 0 Å². The van der Waals surface area contributed by atoms with Gasteiger partial charge in [-0.3, -0.25) is 0 Å².